The van der Waals surface area contributed by atoms with Crippen molar-refractivity contribution in [3.05, 3.63) is 18.5 Å². The third-order valence-electron chi connectivity index (χ3n) is 4.97. The lowest BCUT2D eigenvalue weighted by atomic mass is 9.96. The van der Waals surface area contributed by atoms with Crippen LogP contribution in [0.25, 0.3) is 10.9 Å². The Labute approximate surface area is 171 Å². The molecule has 0 radical (unpaired) electrons. The zero-order valence-corrected chi connectivity index (χ0v) is 17.8. The van der Waals surface area contributed by atoms with E-state index >= 15 is 0 Å². The summed E-state index contributed by atoms with van der Waals surface area (Å²) in [6.45, 7) is 7.94. The molecule has 2 aromatic rings. The van der Waals surface area contributed by atoms with Crippen molar-refractivity contribution in [2.24, 2.45) is 5.92 Å². The van der Waals surface area contributed by atoms with Crippen molar-refractivity contribution in [1.82, 2.24) is 15.3 Å². The Kier molecular flexibility index (Phi) is 6.30. The molecule has 0 unspecified atom stereocenters. The summed E-state index contributed by atoms with van der Waals surface area (Å²) in [4.78, 5) is 23.0. The van der Waals surface area contributed by atoms with Crippen molar-refractivity contribution in [2.45, 2.75) is 39.2 Å². The minimum Gasteiger partial charge on any atom is -0.493 e. The number of fused-ring (bicyclic) bond motifs is 1. The smallest absolute Gasteiger partial charge is 0.407 e. The molecular weight excluding hydrogens is 372 g/mol. The first kappa shape index (κ1) is 21.0. The van der Waals surface area contributed by atoms with E-state index in [1.165, 1.54) is 0 Å². The van der Waals surface area contributed by atoms with E-state index in [1.807, 2.05) is 32.9 Å². The van der Waals surface area contributed by atoms with E-state index < -0.39 is 5.60 Å². The summed E-state index contributed by atoms with van der Waals surface area (Å²) in [5.41, 5.74) is 0.340. The fourth-order valence-corrected chi connectivity index (χ4v) is 3.51. The number of amides is 1. The standard InChI is InChI=1S/C21H30N4O4/c1-21(2,3)29-20(26)22-12-14-6-8-25(9-7-14)19-15-10-17(27-4)18(28-5)11-16(15)23-13-24-19/h10-11,13-14H,6-9,12H2,1-5H3,(H,22,26). The van der Waals surface area contributed by atoms with Gasteiger partial charge in [0.25, 0.3) is 0 Å². The normalized spacial score (nSPS) is 15.3. The van der Waals surface area contributed by atoms with Gasteiger partial charge in [-0.25, -0.2) is 14.8 Å². The van der Waals surface area contributed by atoms with E-state index in [4.69, 9.17) is 14.2 Å². The van der Waals surface area contributed by atoms with Gasteiger partial charge in [-0.1, -0.05) is 0 Å². The molecule has 1 amide bonds. The summed E-state index contributed by atoms with van der Waals surface area (Å²) >= 11 is 0. The first-order valence-electron chi connectivity index (χ1n) is 9.89. The van der Waals surface area contributed by atoms with E-state index in [0.717, 1.165) is 42.7 Å². The van der Waals surface area contributed by atoms with E-state index in [9.17, 15) is 4.79 Å². The molecule has 1 aliphatic rings. The number of nitrogens with one attached hydrogen (secondary N) is 1. The third kappa shape index (κ3) is 5.19. The lowest BCUT2D eigenvalue weighted by Crippen LogP contribution is -2.40. The number of aromatic nitrogens is 2. The van der Waals surface area contributed by atoms with Crippen molar-refractivity contribution < 1.29 is 19.0 Å². The van der Waals surface area contributed by atoms with Crippen LogP contribution in [-0.4, -0.2) is 55.5 Å². The topological polar surface area (TPSA) is 85.8 Å². The zero-order valence-electron chi connectivity index (χ0n) is 17.8. The Balaban J connectivity index is 1.65. The number of rotatable bonds is 5. The van der Waals surface area contributed by atoms with Crippen LogP contribution in [0, 0.1) is 5.92 Å². The van der Waals surface area contributed by atoms with E-state index in [-0.39, 0.29) is 6.09 Å². The Hall–Kier alpha value is -2.77. The number of carbonyl (C=O) groups is 1. The predicted octanol–water partition coefficient (Wildman–Crippen LogP) is 3.39. The van der Waals surface area contributed by atoms with Crippen LogP contribution in [0.15, 0.2) is 18.5 Å². The molecule has 0 aliphatic carbocycles. The molecule has 8 nitrogen and oxygen atoms in total. The van der Waals surface area contributed by atoms with Crippen molar-refractivity contribution in [1.29, 1.82) is 0 Å². The molecule has 1 aromatic heterocycles. The van der Waals surface area contributed by atoms with Crippen LogP contribution in [0.5, 0.6) is 11.5 Å². The second-order valence-electron chi connectivity index (χ2n) is 8.23. The van der Waals surface area contributed by atoms with Crippen molar-refractivity contribution in [3.8, 4) is 11.5 Å². The minimum absolute atomic E-state index is 0.359. The van der Waals surface area contributed by atoms with Crippen LogP contribution in [0.1, 0.15) is 33.6 Å². The van der Waals surface area contributed by atoms with Gasteiger partial charge < -0.3 is 24.4 Å². The SMILES string of the molecule is COc1cc2ncnc(N3CCC(CNC(=O)OC(C)(C)C)CC3)c2cc1OC. The van der Waals surface area contributed by atoms with Gasteiger partial charge in [-0.05, 0) is 45.6 Å². The summed E-state index contributed by atoms with van der Waals surface area (Å²) in [6.07, 6.45) is 3.16. The van der Waals surface area contributed by atoms with Gasteiger partial charge in [-0.2, -0.15) is 0 Å². The number of carbonyl (C=O) groups excluding carboxylic acids is 1. The predicted molar refractivity (Wildman–Crippen MR) is 112 cm³/mol. The second-order valence-corrected chi connectivity index (χ2v) is 8.23. The largest absolute Gasteiger partial charge is 0.493 e. The van der Waals surface area contributed by atoms with Gasteiger partial charge in [0.2, 0.25) is 0 Å². The molecule has 1 aromatic carbocycles. The number of methoxy groups -OCH3 is 2. The van der Waals surface area contributed by atoms with Crippen LogP contribution in [-0.2, 0) is 4.74 Å². The number of nitrogens with zero attached hydrogens (tertiary/aromatic N) is 3. The number of hydrogen-bond donors (Lipinski definition) is 1. The van der Waals surface area contributed by atoms with Crippen molar-refractivity contribution >= 4 is 22.8 Å². The van der Waals surface area contributed by atoms with Crippen LogP contribution in [0.3, 0.4) is 0 Å². The molecule has 1 fully saturated rings. The van der Waals surface area contributed by atoms with Gasteiger partial charge in [-0.3, -0.25) is 0 Å². The summed E-state index contributed by atoms with van der Waals surface area (Å²) in [6, 6.07) is 3.80. The summed E-state index contributed by atoms with van der Waals surface area (Å²) in [7, 11) is 3.23. The van der Waals surface area contributed by atoms with Crippen LogP contribution in [0.4, 0.5) is 10.6 Å². The van der Waals surface area contributed by atoms with E-state index in [0.29, 0.717) is 24.0 Å². The molecule has 29 heavy (non-hydrogen) atoms. The molecule has 1 saturated heterocycles. The molecule has 2 heterocycles. The molecular formula is C21H30N4O4. The highest BCUT2D eigenvalue weighted by Gasteiger charge is 2.24. The van der Waals surface area contributed by atoms with Crippen molar-refractivity contribution in [2.75, 3.05) is 38.8 Å². The molecule has 0 bridgehead atoms. The highest BCUT2D eigenvalue weighted by atomic mass is 16.6. The molecule has 0 atom stereocenters. The average molecular weight is 402 g/mol. The molecule has 0 spiro atoms. The quantitative estimate of drug-likeness (QED) is 0.820. The van der Waals surface area contributed by atoms with E-state index in [1.54, 1.807) is 20.5 Å². The first-order chi connectivity index (χ1) is 13.8. The number of piperidine rings is 1. The minimum atomic E-state index is -0.481. The van der Waals surface area contributed by atoms with E-state index in [2.05, 4.69) is 20.2 Å². The molecule has 8 heteroatoms. The van der Waals surface area contributed by atoms with Gasteiger partial charge in [-0.15, -0.1) is 0 Å². The van der Waals surface area contributed by atoms with Crippen LogP contribution in [0.2, 0.25) is 0 Å². The first-order valence-corrected chi connectivity index (χ1v) is 9.89. The second kappa shape index (κ2) is 8.71. The third-order valence-corrected chi connectivity index (χ3v) is 4.97. The summed E-state index contributed by atoms with van der Waals surface area (Å²) in [5.74, 6) is 2.63. The molecule has 1 N–H and O–H groups in total. The molecule has 0 saturated carbocycles. The van der Waals surface area contributed by atoms with Gasteiger partial charge in [0.15, 0.2) is 11.5 Å². The molecule has 3 rings (SSSR count). The number of benzene rings is 1. The zero-order chi connectivity index (χ0) is 21.0. The molecule has 1 aliphatic heterocycles. The van der Waals surface area contributed by atoms with Gasteiger partial charge in [0, 0.05) is 31.1 Å². The number of alkyl carbamates (subject to hydrolysis) is 1. The Morgan fingerprint density at radius 2 is 1.79 bits per heavy atom. The Bertz CT molecular complexity index is 858. The average Bonchev–Trinajstić information content (AvgIpc) is 2.70. The lowest BCUT2D eigenvalue weighted by Gasteiger charge is -2.33. The highest BCUT2D eigenvalue weighted by molar-refractivity contribution is 5.92. The summed E-state index contributed by atoms with van der Waals surface area (Å²) < 4.78 is 16.1. The Morgan fingerprint density at radius 3 is 2.41 bits per heavy atom. The maximum atomic E-state index is 11.9. The number of hydrogen-bond acceptors (Lipinski definition) is 7. The molecule has 158 valence electrons. The van der Waals surface area contributed by atoms with Crippen LogP contribution >= 0.6 is 0 Å². The summed E-state index contributed by atoms with van der Waals surface area (Å²) in [5, 5.41) is 3.83. The Morgan fingerprint density at radius 1 is 1.14 bits per heavy atom. The fourth-order valence-electron chi connectivity index (χ4n) is 3.51. The van der Waals surface area contributed by atoms with Crippen LogP contribution < -0.4 is 19.7 Å². The maximum absolute atomic E-state index is 11.9. The monoisotopic (exact) mass is 402 g/mol. The van der Waals surface area contributed by atoms with Gasteiger partial charge in [0.05, 0.1) is 19.7 Å². The fraction of sp³-hybridized carbons (Fsp3) is 0.571. The number of ether oxygens (including phenoxy) is 3. The maximum Gasteiger partial charge on any atom is 0.407 e. The number of anilines is 1. The van der Waals surface area contributed by atoms with Crippen molar-refractivity contribution in [3.63, 3.8) is 0 Å². The lowest BCUT2D eigenvalue weighted by molar-refractivity contribution is 0.0517. The highest BCUT2D eigenvalue weighted by Crippen LogP contribution is 2.35. The van der Waals surface area contributed by atoms with Gasteiger partial charge >= 0.3 is 6.09 Å². The van der Waals surface area contributed by atoms with Gasteiger partial charge in [0.1, 0.15) is 17.7 Å².